The van der Waals surface area contributed by atoms with Crippen molar-refractivity contribution in [2.75, 3.05) is 7.11 Å². The van der Waals surface area contributed by atoms with Crippen LogP contribution in [0, 0.1) is 17.5 Å². The van der Waals surface area contributed by atoms with Crippen LogP contribution in [0.1, 0.15) is 18.4 Å². The van der Waals surface area contributed by atoms with Crippen LogP contribution in [0.15, 0.2) is 12.1 Å². The first-order valence-corrected chi connectivity index (χ1v) is 9.16. The molecule has 1 rings (SSSR count). The third-order valence-electron chi connectivity index (χ3n) is 3.09. The van der Waals surface area contributed by atoms with E-state index in [1.807, 2.05) is 0 Å². The van der Waals surface area contributed by atoms with Gasteiger partial charge in [0, 0.05) is 7.11 Å². The molecule has 0 aliphatic carbocycles. The maximum absolute atomic E-state index is 13.0. The maximum atomic E-state index is 13.0. The highest BCUT2D eigenvalue weighted by atomic mass is 28.4. The lowest BCUT2D eigenvalue weighted by molar-refractivity contribution is 0.401. The molecule has 0 amide bonds. The predicted octanol–water partition coefficient (Wildman–Crippen LogP) is 4.28. The Kier molecular flexibility index (Phi) is 5.41. The number of unbranched alkanes of at least 4 members (excludes halogenated alkanes) is 1. The smallest absolute Gasteiger partial charge is 0.194 e. The molecule has 102 valence electrons. The molecule has 0 radical (unpaired) electrons. The summed E-state index contributed by atoms with van der Waals surface area (Å²) in [5.41, 5.74) is 0.503. The maximum Gasteiger partial charge on any atom is 0.194 e. The minimum absolute atomic E-state index is 0.503. The zero-order valence-electron chi connectivity index (χ0n) is 11.0. The van der Waals surface area contributed by atoms with Gasteiger partial charge in [-0.15, -0.1) is 0 Å². The minimum Gasteiger partial charge on any atom is -0.420 e. The van der Waals surface area contributed by atoms with Crippen LogP contribution in [0.4, 0.5) is 13.2 Å². The summed E-state index contributed by atoms with van der Waals surface area (Å²) in [6.45, 7) is 4.26. The summed E-state index contributed by atoms with van der Waals surface area (Å²) in [6, 6.07) is 3.14. The normalized spacial score (nSPS) is 11.9. The van der Waals surface area contributed by atoms with Gasteiger partial charge in [0.05, 0.1) is 0 Å². The van der Waals surface area contributed by atoms with Crippen molar-refractivity contribution >= 4 is 8.32 Å². The molecule has 0 saturated heterocycles. The molecule has 1 aromatic rings. The molecule has 0 N–H and O–H groups in total. The molecule has 1 nitrogen and oxygen atoms in total. The number of benzene rings is 1. The molecule has 0 heterocycles. The number of hydrogen-bond donors (Lipinski definition) is 0. The van der Waals surface area contributed by atoms with Gasteiger partial charge in [0.25, 0.3) is 0 Å². The summed E-state index contributed by atoms with van der Waals surface area (Å²) in [4.78, 5) is 0. The van der Waals surface area contributed by atoms with Crippen LogP contribution in [0.2, 0.25) is 19.1 Å². The molecule has 0 bridgehead atoms. The van der Waals surface area contributed by atoms with Gasteiger partial charge in [0.15, 0.2) is 25.8 Å². The molecule has 0 spiro atoms. The summed E-state index contributed by atoms with van der Waals surface area (Å²) in [6.07, 6.45) is 2.33. The summed E-state index contributed by atoms with van der Waals surface area (Å²) < 4.78 is 44.1. The first kappa shape index (κ1) is 15.2. The monoisotopic (exact) mass is 276 g/mol. The lowest BCUT2D eigenvalue weighted by Gasteiger charge is -2.19. The van der Waals surface area contributed by atoms with Crippen molar-refractivity contribution in [2.45, 2.75) is 38.4 Å². The Balaban J connectivity index is 2.45. The fourth-order valence-electron chi connectivity index (χ4n) is 1.73. The van der Waals surface area contributed by atoms with E-state index in [1.54, 1.807) is 7.11 Å². The van der Waals surface area contributed by atoms with Crippen molar-refractivity contribution in [3.8, 4) is 0 Å². The van der Waals surface area contributed by atoms with Crippen LogP contribution >= 0.6 is 0 Å². The third-order valence-corrected chi connectivity index (χ3v) is 5.75. The number of rotatable bonds is 6. The first-order chi connectivity index (χ1) is 8.35. The largest absolute Gasteiger partial charge is 0.420 e. The summed E-state index contributed by atoms with van der Waals surface area (Å²) in [5.74, 6) is -3.63. The van der Waals surface area contributed by atoms with Crippen LogP contribution in [0.5, 0.6) is 0 Å². The Hall–Kier alpha value is -0.813. The van der Waals surface area contributed by atoms with Crippen LogP contribution in [0.3, 0.4) is 0 Å². The van der Waals surface area contributed by atoms with Crippen molar-refractivity contribution in [1.29, 1.82) is 0 Å². The van der Waals surface area contributed by atoms with Crippen molar-refractivity contribution < 1.29 is 17.6 Å². The van der Waals surface area contributed by atoms with Gasteiger partial charge in [-0.05, 0) is 49.7 Å². The molecule has 18 heavy (non-hydrogen) atoms. The van der Waals surface area contributed by atoms with Crippen molar-refractivity contribution in [1.82, 2.24) is 0 Å². The summed E-state index contributed by atoms with van der Waals surface area (Å²) in [5, 5.41) is 0. The second-order valence-corrected chi connectivity index (χ2v) is 9.47. The van der Waals surface area contributed by atoms with Gasteiger partial charge in [-0.3, -0.25) is 0 Å². The highest BCUT2D eigenvalue weighted by Crippen LogP contribution is 2.18. The fraction of sp³-hybridized carbons (Fsp3) is 0.538. The van der Waals surface area contributed by atoms with E-state index in [2.05, 4.69) is 13.1 Å². The van der Waals surface area contributed by atoms with Crippen molar-refractivity contribution in [2.24, 2.45) is 0 Å². The molecule has 0 aliphatic heterocycles. The molecule has 0 fully saturated rings. The molecule has 0 aromatic heterocycles. The number of aryl methyl sites for hydroxylation is 1. The molecular formula is C13H19F3OSi. The van der Waals surface area contributed by atoms with E-state index < -0.39 is 25.8 Å². The first-order valence-electron chi connectivity index (χ1n) is 6.04. The minimum atomic E-state index is -1.55. The number of halogens is 3. The van der Waals surface area contributed by atoms with Crippen molar-refractivity contribution in [3.63, 3.8) is 0 Å². The van der Waals surface area contributed by atoms with E-state index in [9.17, 15) is 13.2 Å². The fourth-order valence-corrected chi connectivity index (χ4v) is 3.04. The molecule has 5 heteroatoms. The quantitative estimate of drug-likeness (QED) is 0.428. The summed E-state index contributed by atoms with van der Waals surface area (Å²) >= 11 is 0. The van der Waals surface area contributed by atoms with E-state index in [1.165, 1.54) is 0 Å². The second kappa shape index (κ2) is 6.38. The molecule has 0 unspecified atom stereocenters. The van der Waals surface area contributed by atoms with Gasteiger partial charge in [-0.25, -0.2) is 13.2 Å². The lowest BCUT2D eigenvalue weighted by Crippen LogP contribution is -2.27. The molecular weight excluding hydrogens is 257 g/mol. The average molecular weight is 276 g/mol. The third kappa shape index (κ3) is 4.46. The molecule has 0 aliphatic rings. The van der Waals surface area contributed by atoms with Crippen LogP contribution in [-0.4, -0.2) is 15.4 Å². The van der Waals surface area contributed by atoms with Gasteiger partial charge in [-0.1, -0.05) is 6.42 Å². The van der Waals surface area contributed by atoms with Crippen LogP contribution in [0.25, 0.3) is 0 Å². The molecule has 0 saturated carbocycles. The summed E-state index contributed by atoms with van der Waals surface area (Å²) in [7, 11) is 0.165. The zero-order chi connectivity index (χ0) is 13.8. The zero-order valence-corrected chi connectivity index (χ0v) is 12.0. The Morgan fingerprint density at radius 2 is 1.61 bits per heavy atom. The molecule has 0 atom stereocenters. The van der Waals surface area contributed by atoms with E-state index in [0.717, 1.165) is 31.0 Å². The lowest BCUT2D eigenvalue weighted by atomic mass is 10.1. The van der Waals surface area contributed by atoms with E-state index in [0.29, 0.717) is 12.0 Å². The predicted molar refractivity (Wildman–Crippen MR) is 68.6 cm³/mol. The highest BCUT2D eigenvalue weighted by Gasteiger charge is 2.19. The highest BCUT2D eigenvalue weighted by molar-refractivity contribution is 6.71. The SMILES string of the molecule is CO[Si](C)(C)CCCCc1cc(F)c(F)c(F)c1. The van der Waals surface area contributed by atoms with Crippen LogP contribution < -0.4 is 0 Å². The van der Waals surface area contributed by atoms with E-state index in [4.69, 9.17) is 4.43 Å². The average Bonchev–Trinajstić information content (AvgIpc) is 2.31. The standard InChI is InChI=1S/C13H19F3OSi/c1-17-18(2,3)7-5-4-6-10-8-11(14)13(16)12(15)9-10/h8-9H,4-7H2,1-3H3. The van der Waals surface area contributed by atoms with Crippen LogP contribution in [-0.2, 0) is 10.8 Å². The van der Waals surface area contributed by atoms with Gasteiger partial charge < -0.3 is 4.43 Å². The Labute approximate surface area is 107 Å². The van der Waals surface area contributed by atoms with E-state index >= 15 is 0 Å². The Morgan fingerprint density at radius 3 is 2.11 bits per heavy atom. The van der Waals surface area contributed by atoms with E-state index in [-0.39, 0.29) is 0 Å². The Bertz CT molecular complexity index is 384. The second-order valence-electron chi connectivity index (χ2n) is 5.04. The van der Waals surface area contributed by atoms with Crippen molar-refractivity contribution in [3.05, 3.63) is 35.1 Å². The van der Waals surface area contributed by atoms with Gasteiger partial charge in [-0.2, -0.15) is 0 Å². The van der Waals surface area contributed by atoms with Gasteiger partial charge >= 0.3 is 0 Å². The Morgan fingerprint density at radius 1 is 1.06 bits per heavy atom. The van der Waals surface area contributed by atoms with Gasteiger partial charge in [0.2, 0.25) is 0 Å². The molecule has 1 aromatic carbocycles. The van der Waals surface area contributed by atoms with Gasteiger partial charge in [0.1, 0.15) is 0 Å². The number of hydrogen-bond acceptors (Lipinski definition) is 1. The topological polar surface area (TPSA) is 9.23 Å².